The molecule has 1 N–H and O–H groups in total. The highest BCUT2D eigenvalue weighted by atomic mass is 32.1. The molecule has 0 atom stereocenters. The van der Waals surface area contributed by atoms with Gasteiger partial charge >= 0.3 is 5.97 Å². The first kappa shape index (κ1) is 15.3. The maximum Gasteiger partial charge on any atom is 0.309 e. The van der Waals surface area contributed by atoms with Crippen LogP contribution in [0.3, 0.4) is 0 Å². The second-order valence-corrected chi connectivity index (χ2v) is 5.74. The van der Waals surface area contributed by atoms with Crippen LogP contribution in [0.2, 0.25) is 0 Å². The van der Waals surface area contributed by atoms with Gasteiger partial charge in [-0.2, -0.15) is 0 Å². The molecule has 1 aromatic heterocycles. The number of rotatable bonds is 7. The fourth-order valence-corrected chi connectivity index (χ4v) is 2.59. The largest absolute Gasteiger partial charge is 0.493 e. The molecule has 0 aliphatic carbocycles. The number of hydrogen-bond donors (Lipinski definition) is 1. The first-order valence-corrected chi connectivity index (χ1v) is 7.48. The van der Waals surface area contributed by atoms with Crippen molar-refractivity contribution in [1.29, 1.82) is 0 Å². The van der Waals surface area contributed by atoms with E-state index >= 15 is 0 Å². The van der Waals surface area contributed by atoms with E-state index < -0.39 is 5.97 Å². The monoisotopic (exact) mass is 306 g/mol. The van der Waals surface area contributed by atoms with Gasteiger partial charge in [-0.05, 0) is 12.1 Å². The van der Waals surface area contributed by atoms with Crippen molar-refractivity contribution in [2.45, 2.75) is 12.8 Å². The summed E-state index contributed by atoms with van der Waals surface area (Å²) in [5.41, 5.74) is 1.70. The van der Waals surface area contributed by atoms with Crippen molar-refractivity contribution in [2.24, 2.45) is 0 Å². The number of anilines is 1. The Hall–Kier alpha value is -2.08. The van der Waals surface area contributed by atoms with E-state index in [2.05, 4.69) is 4.98 Å². The lowest BCUT2D eigenvalue weighted by atomic mass is 10.3. The van der Waals surface area contributed by atoms with Crippen molar-refractivity contribution in [3.8, 4) is 5.75 Å². The molecular formula is C15H18N2O3S. The van der Waals surface area contributed by atoms with Crippen molar-refractivity contribution in [3.63, 3.8) is 0 Å². The van der Waals surface area contributed by atoms with E-state index in [0.717, 1.165) is 16.4 Å². The summed E-state index contributed by atoms with van der Waals surface area (Å²) in [4.78, 5) is 16.9. The van der Waals surface area contributed by atoms with Crippen LogP contribution in [0.4, 0.5) is 5.69 Å². The molecule has 21 heavy (non-hydrogen) atoms. The third kappa shape index (κ3) is 4.75. The Morgan fingerprint density at radius 2 is 2.24 bits per heavy atom. The maximum atomic E-state index is 10.6. The van der Waals surface area contributed by atoms with Crippen molar-refractivity contribution in [3.05, 3.63) is 40.3 Å². The van der Waals surface area contributed by atoms with Crippen molar-refractivity contribution < 1.29 is 14.6 Å². The molecule has 2 aromatic rings. The number of nitrogens with zero attached hydrogens (tertiary/aromatic N) is 2. The molecule has 0 bridgehead atoms. The van der Waals surface area contributed by atoms with Gasteiger partial charge in [0.2, 0.25) is 0 Å². The van der Waals surface area contributed by atoms with Gasteiger partial charge in [-0.3, -0.25) is 4.79 Å². The van der Waals surface area contributed by atoms with Crippen molar-refractivity contribution >= 4 is 23.0 Å². The smallest absolute Gasteiger partial charge is 0.309 e. The number of carbonyl (C=O) groups is 1. The molecule has 0 spiro atoms. The predicted octanol–water partition coefficient (Wildman–Crippen LogP) is 2.46. The molecule has 0 amide bonds. The molecule has 1 heterocycles. The molecular weight excluding hydrogens is 288 g/mol. The standard InChI is InChI=1S/C15H18N2O3S/c1-17(2)12-4-3-5-13(9-12)20-7-6-14-16-11(10-21-14)8-15(18)19/h3-5,9-10H,6-8H2,1-2H3,(H,18,19). The SMILES string of the molecule is CN(C)c1cccc(OCCc2nc(CC(=O)O)cs2)c1. The van der Waals surface area contributed by atoms with Gasteiger partial charge in [0.1, 0.15) is 5.75 Å². The lowest BCUT2D eigenvalue weighted by molar-refractivity contribution is -0.136. The minimum atomic E-state index is -0.858. The summed E-state index contributed by atoms with van der Waals surface area (Å²) >= 11 is 1.47. The molecule has 0 saturated carbocycles. The summed E-state index contributed by atoms with van der Waals surface area (Å²) in [5.74, 6) is -0.0351. The van der Waals surface area contributed by atoms with E-state index in [1.165, 1.54) is 11.3 Å². The van der Waals surface area contributed by atoms with Gasteiger partial charge in [0.25, 0.3) is 0 Å². The van der Waals surface area contributed by atoms with Crippen LogP contribution in [0.1, 0.15) is 10.7 Å². The Labute approximate surface area is 127 Å². The zero-order valence-electron chi connectivity index (χ0n) is 12.1. The highest BCUT2D eigenvalue weighted by molar-refractivity contribution is 7.09. The summed E-state index contributed by atoms with van der Waals surface area (Å²) in [5, 5.41) is 11.4. The number of carboxylic acid groups (broad SMARTS) is 1. The first-order chi connectivity index (χ1) is 10.0. The molecule has 5 nitrogen and oxygen atoms in total. The van der Waals surface area contributed by atoms with E-state index in [4.69, 9.17) is 9.84 Å². The van der Waals surface area contributed by atoms with E-state index in [-0.39, 0.29) is 6.42 Å². The molecule has 0 unspecified atom stereocenters. The molecule has 6 heteroatoms. The average Bonchev–Trinajstić information content (AvgIpc) is 2.86. The molecule has 0 aliphatic heterocycles. The van der Waals surface area contributed by atoms with Crippen molar-refractivity contribution in [1.82, 2.24) is 4.98 Å². The number of ether oxygens (including phenoxy) is 1. The Morgan fingerprint density at radius 1 is 1.43 bits per heavy atom. The second kappa shape index (κ2) is 7.08. The van der Waals surface area contributed by atoms with Crippen LogP contribution in [0, 0.1) is 0 Å². The highest BCUT2D eigenvalue weighted by Gasteiger charge is 2.06. The Bertz CT molecular complexity index is 610. The molecule has 0 aliphatic rings. The molecule has 1 aromatic carbocycles. The molecule has 2 rings (SSSR count). The zero-order valence-corrected chi connectivity index (χ0v) is 12.9. The van der Waals surface area contributed by atoms with E-state index in [0.29, 0.717) is 18.7 Å². The van der Waals surface area contributed by atoms with E-state index in [9.17, 15) is 4.79 Å². The summed E-state index contributed by atoms with van der Waals surface area (Å²) in [6.07, 6.45) is 0.652. The topological polar surface area (TPSA) is 62.7 Å². The molecule has 112 valence electrons. The number of aliphatic carboxylic acids is 1. The Balaban J connectivity index is 1.85. The van der Waals surface area contributed by atoms with Crippen LogP contribution in [0.5, 0.6) is 5.75 Å². The fourth-order valence-electron chi connectivity index (χ4n) is 1.81. The van der Waals surface area contributed by atoms with Crippen LogP contribution in [0.25, 0.3) is 0 Å². The van der Waals surface area contributed by atoms with Gasteiger partial charge in [0.15, 0.2) is 0 Å². The van der Waals surface area contributed by atoms with Gasteiger partial charge in [0.05, 0.1) is 23.7 Å². The Kier molecular flexibility index (Phi) is 5.16. The third-order valence-electron chi connectivity index (χ3n) is 2.85. The van der Waals surface area contributed by atoms with Crippen LogP contribution in [0.15, 0.2) is 29.6 Å². The fraction of sp³-hybridized carbons (Fsp3) is 0.333. The van der Waals surface area contributed by atoms with Crippen LogP contribution in [-0.4, -0.2) is 36.8 Å². The van der Waals surface area contributed by atoms with Crippen LogP contribution < -0.4 is 9.64 Å². The minimum Gasteiger partial charge on any atom is -0.493 e. The molecule has 0 radical (unpaired) electrons. The van der Waals surface area contributed by atoms with Gasteiger partial charge in [-0.25, -0.2) is 4.98 Å². The lowest BCUT2D eigenvalue weighted by Gasteiger charge is -2.13. The predicted molar refractivity (Wildman–Crippen MR) is 83.4 cm³/mol. The summed E-state index contributed by atoms with van der Waals surface area (Å²) in [6, 6.07) is 7.88. The quantitative estimate of drug-likeness (QED) is 0.851. The average molecular weight is 306 g/mol. The maximum absolute atomic E-state index is 10.6. The molecule has 0 saturated heterocycles. The van der Waals surface area contributed by atoms with Gasteiger partial charge in [0, 0.05) is 37.6 Å². The second-order valence-electron chi connectivity index (χ2n) is 4.79. The Morgan fingerprint density at radius 3 is 2.95 bits per heavy atom. The lowest BCUT2D eigenvalue weighted by Crippen LogP contribution is -2.09. The highest BCUT2D eigenvalue weighted by Crippen LogP contribution is 2.19. The van der Waals surface area contributed by atoms with E-state index in [1.54, 1.807) is 5.38 Å². The summed E-state index contributed by atoms with van der Waals surface area (Å²) in [6.45, 7) is 0.525. The number of carboxylic acids is 1. The number of aromatic nitrogens is 1. The minimum absolute atomic E-state index is 0.0256. The zero-order chi connectivity index (χ0) is 15.2. The summed E-state index contributed by atoms with van der Waals surface area (Å²) in [7, 11) is 3.97. The normalized spacial score (nSPS) is 10.4. The summed E-state index contributed by atoms with van der Waals surface area (Å²) < 4.78 is 5.71. The number of hydrogen-bond acceptors (Lipinski definition) is 5. The van der Waals surface area contributed by atoms with Gasteiger partial charge in [-0.1, -0.05) is 6.07 Å². The first-order valence-electron chi connectivity index (χ1n) is 6.60. The van der Waals surface area contributed by atoms with Crippen LogP contribution in [-0.2, 0) is 17.6 Å². The van der Waals surface area contributed by atoms with Gasteiger partial charge in [-0.15, -0.1) is 11.3 Å². The van der Waals surface area contributed by atoms with Crippen LogP contribution >= 0.6 is 11.3 Å². The van der Waals surface area contributed by atoms with Gasteiger partial charge < -0.3 is 14.7 Å². The van der Waals surface area contributed by atoms with E-state index in [1.807, 2.05) is 43.3 Å². The number of benzene rings is 1. The van der Waals surface area contributed by atoms with Crippen molar-refractivity contribution in [2.75, 3.05) is 25.6 Å². The number of thiazole rings is 1. The molecule has 0 fully saturated rings. The third-order valence-corrected chi connectivity index (χ3v) is 3.81.